The van der Waals surface area contributed by atoms with Gasteiger partial charge in [0.05, 0.1) is 11.9 Å². The third-order valence-electron chi connectivity index (χ3n) is 5.73. The van der Waals surface area contributed by atoms with E-state index < -0.39 is 0 Å². The van der Waals surface area contributed by atoms with Crippen molar-refractivity contribution in [3.8, 4) is 0 Å². The van der Waals surface area contributed by atoms with Crippen molar-refractivity contribution in [1.82, 2.24) is 19.8 Å². The molecular weight excluding hydrogens is 382 g/mol. The van der Waals surface area contributed by atoms with Crippen LogP contribution in [-0.4, -0.2) is 32.9 Å². The molecule has 2 aromatic carbocycles. The van der Waals surface area contributed by atoms with E-state index in [1.165, 1.54) is 11.1 Å². The number of aromatic nitrogens is 4. The van der Waals surface area contributed by atoms with Gasteiger partial charge in [0.15, 0.2) is 11.5 Å². The summed E-state index contributed by atoms with van der Waals surface area (Å²) < 4.78 is 1.76. The van der Waals surface area contributed by atoms with Crippen molar-refractivity contribution in [3.05, 3.63) is 88.8 Å². The minimum Gasteiger partial charge on any atom is -0.369 e. The first-order valence-electron chi connectivity index (χ1n) is 10.0. The first kappa shape index (κ1) is 18.1. The van der Waals surface area contributed by atoms with Crippen LogP contribution in [0.4, 0.5) is 5.69 Å². The van der Waals surface area contributed by atoms with Crippen LogP contribution in [0.3, 0.4) is 0 Å². The summed E-state index contributed by atoms with van der Waals surface area (Å²) in [5.41, 5.74) is 4.17. The summed E-state index contributed by atoms with van der Waals surface area (Å²) >= 11 is 6.74. The van der Waals surface area contributed by atoms with Gasteiger partial charge in [0, 0.05) is 19.5 Å². The van der Waals surface area contributed by atoms with Gasteiger partial charge in [-0.25, -0.2) is 0 Å². The minimum absolute atomic E-state index is 0.605. The second kappa shape index (κ2) is 7.84. The quantitative estimate of drug-likeness (QED) is 0.493. The molecule has 5 rings (SSSR count). The van der Waals surface area contributed by atoms with E-state index in [1.807, 2.05) is 24.4 Å². The van der Waals surface area contributed by atoms with Gasteiger partial charge in [-0.05, 0) is 29.9 Å². The number of halogens is 1. The average molecular weight is 404 g/mol. The zero-order chi connectivity index (χ0) is 19.6. The van der Waals surface area contributed by atoms with E-state index in [1.54, 1.807) is 4.52 Å². The summed E-state index contributed by atoms with van der Waals surface area (Å²) in [7, 11) is 0. The molecule has 6 heteroatoms. The number of nitrogens with zero attached hydrogens (tertiary/aromatic N) is 5. The molecule has 1 aliphatic rings. The summed E-state index contributed by atoms with van der Waals surface area (Å²) in [5.74, 6) is 1.40. The van der Waals surface area contributed by atoms with Gasteiger partial charge in [-0.1, -0.05) is 72.3 Å². The van der Waals surface area contributed by atoms with E-state index in [0.717, 1.165) is 37.4 Å². The number of piperidine rings is 1. The Bertz CT molecular complexity index is 1100. The number of anilines is 1. The number of fused-ring (bicyclic) bond motifs is 1. The number of hydrogen-bond acceptors (Lipinski definition) is 4. The Labute approximate surface area is 175 Å². The summed E-state index contributed by atoms with van der Waals surface area (Å²) in [6.07, 6.45) is 4.75. The Kier molecular flexibility index (Phi) is 4.90. The summed E-state index contributed by atoms with van der Waals surface area (Å²) in [6, 6.07) is 21.0. The molecule has 4 aromatic rings. The molecule has 0 aliphatic carbocycles. The van der Waals surface area contributed by atoms with Crippen LogP contribution in [0.1, 0.15) is 35.7 Å². The van der Waals surface area contributed by atoms with E-state index in [2.05, 4.69) is 62.7 Å². The van der Waals surface area contributed by atoms with Gasteiger partial charge in [0.2, 0.25) is 0 Å². The van der Waals surface area contributed by atoms with Crippen LogP contribution < -0.4 is 4.90 Å². The zero-order valence-corrected chi connectivity index (χ0v) is 16.8. The highest BCUT2D eigenvalue weighted by Crippen LogP contribution is 2.34. The Balaban J connectivity index is 1.36. The molecular formula is C23H22ClN5. The SMILES string of the molecule is Clc1c(N2CCC(c3ccccc3)CC2)cnn2c(Cc3ccccc3)nnc12. The van der Waals surface area contributed by atoms with E-state index in [0.29, 0.717) is 23.0 Å². The fourth-order valence-corrected chi connectivity index (χ4v) is 4.43. The third kappa shape index (κ3) is 3.58. The second-order valence-electron chi connectivity index (χ2n) is 7.53. The standard InChI is InChI=1S/C23H22ClN5/c24-22-20(28-13-11-19(12-14-28)18-9-5-2-6-10-18)16-25-29-21(26-27-23(22)29)15-17-7-3-1-4-8-17/h1-10,16,19H,11-15H2. The molecule has 0 unspecified atom stereocenters. The molecule has 2 aromatic heterocycles. The molecule has 1 aliphatic heterocycles. The largest absolute Gasteiger partial charge is 0.369 e. The van der Waals surface area contributed by atoms with Crippen molar-refractivity contribution in [2.45, 2.75) is 25.2 Å². The lowest BCUT2D eigenvalue weighted by molar-refractivity contribution is 0.505. The topological polar surface area (TPSA) is 46.3 Å². The predicted molar refractivity (Wildman–Crippen MR) is 116 cm³/mol. The predicted octanol–water partition coefficient (Wildman–Crippen LogP) is 4.75. The lowest BCUT2D eigenvalue weighted by Gasteiger charge is -2.34. The molecule has 0 N–H and O–H groups in total. The molecule has 0 spiro atoms. The highest BCUT2D eigenvalue weighted by Gasteiger charge is 2.24. The second-order valence-corrected chi connectivity index (χ2v) is 7.91. The molecule has 1 saturated heterocycles. The fourth-order valence-electron chi connectivity index (χ4n) is 4.14. The van der Waals surface area contributed by atoms with Gasteiger partial charge in [-0.2, -0.15) is 9.61 Å². The number of hydrogen-bond donors (Lipinski definition) is 0. The Hall–Kier alpha value is -2.92. The van der Waals surface area contributed by atoms with Crippen molar-refractivity contribution in [2.75, 3.05) is 18.0 Å². The maximum atomic E-state index is 6.74. The minimum atomic E-state index is 0.605. The number of benzene rings is 2. The molecule has 0 bridgehead atoms. The Morgan fingerprint density at radius 1 is 0.897 bits per heavy atom. The first-order valence-corrected chi connectivity index (χ1v) is 10.4. The fraction of sp³-hybridized carbons (Fsp3) is 0.261. The molecule has 0 atom stereocenters. The first-order chi connectivity index (χ1) is 14.3. The Morgan fingerprint density at radius 3 is 2.31 bits per heavy atom. The van der Waals surface area contributed by atoms with E-state index >= 15 is 0 Å². The zero-order valence-electron chi connectivity index (χ0n) is 16.1. The molecule has 5 nitrogen and oxygen atoms in total. The van der Waals surface area contributed by atoms with Gasteiger partial charge >= 0.3 is 0 Å². The van der Waals surface area contributed by atoms with Crippen LogP contribution in [0.15, 0.2) is 66.9 Å². The van der Waals surface area contributed by atoms with Gasteiger partial charge in [-0.3, -0.25) is 0 Å². The normalized spacial score (nSPS) is 15.1. The molecule has 0 amide bonds. The number of rotatable bonds is 4. The van der Waals surface area contributed by atoms with Crippen LogP contribution >= 0.6 is 11.6 Å². The molecule has 146 valence electrons. The molecule has 3 heterocycles. The molecule has 0 saturated carbocycles. The van der Waals surface area contributed by atoms with Crippen LogP contribution in [0.5, 0.6) is 0 Å². The van der Waals surface area contributed by atoms with Crippen LogP contribution in [-0.2, 0) is 6.42 Å². The van der Waals surface area contributed by atoms with E-state index in [-0.39, 0.29) is 0 Å². The maximum Gasteiger partial charge on any atom is 0.198 e. The van der Waals surface area contributed by atoms with Crippen LogP contribution in [0.2, 0.25) is 5.02 Å². The third-order valence-corrected chi connectivity index (χ3v) is 6.10. The van der Waals surface area contributed by atoms with E-state index in [4.69, 9.17) is 11.6 Å². The summed E-state index contributed by atoms with van der Waals surface area (Å²) in [4.78, 5) is 2.32. The van der Waals surface area contributed by atoms with Crippen LogP contribution in [0.25, 0.3) is 5.65 Å². The highest BCUT2D eigenvalue weighted by molar-refractivity contribution is 6.36. The summed E-state index contributed by atoms with van der Waals surface area (Å²) in [5, 5.41) is 13.9. The van der Waals surface area contributed by atoms with Crippen molar-refractivity contribution in [2.24, 2.45) is 0 Å². The molecule has 1 fully saturated rings. The smallest absolute Gasteiger partial charge is 0.198 e. The molecule has 0 radical (unpaired) electrons. The lowest BCUT2D eigenvalue weighted by atomic mass is 9.89. The molecule has 29 heavy (non-hydrogen) atoms. The average Bonchev–Trinajstić information content (AvgIpc) is 3.19. The van der Waals surface area contributed by atoms with Gasteiger partial charge in [0.1, 0.15) is 5.02 Å². The lowest BCUT2D eigenvalue weighted by Crippen LogP contribution is -2.33. The van der Waals surface area contributed by atoms with Crippen LogP contribution in [0, 0.1) is 0 Å². The van der Waals surface area contributed by atoms with Gasteiger partial charge in [0.25, 0.3) is 0 Å². The Morgan fingerprint density at radius 2 is 1.59 bits per heavy atom. The monoisotopic (exact) mass is 403 g/mol. The maximum absolute atomic E-state index is 6.74. The highest BCUT2D eigenvalue weighted by atomic mass is 35.5. The van der Waals surface area contributed by atoms with Crippen molar-refractivity contribution < 1.29 is 0 Å². The van der Waals surface area contributed by atoms with Crippen molar-refractivity contribution in [3.63, 3.8) is 0 Å². The van der Waals surface area contributed by atoms with E-state index in [9.17, 15) is 0 Å². The van der Waals surface area contributed by atoms with Crippen molar-refractivity contribution >= 4 is 22.9 Å². The van der Waals surface area contributed by atoms with Crippen molar-refractivity contribution in [1.29, 1.82) is 0 Å². The van der Waals surface area contributed by atoms with Gasteiger partial charge < -0.3 is 4.90 Å². The summed E-state index contributed by atoms with van der Waals surface area (Å²) in [6.45, 7) is 1.92. The van der Waals surface area contributed by atoms with Gasteiger partial charge in [-0.15, -0.1) is 10.2 Å².